The molecule has 1 aliphatic carbocycles. The van der Waals surface area contributed by atoms with Crippen LogP contribution in [0.4, 0.5) is 0 Å². The molecule has 0 spiro atoms. The minimum atomic E-state index is -0.769. The number of hydrogen-bond acceptors (Lipinski definition) is 2. The summed E-state index contributed by atoms with van der Waals surface area (Å²) < 4.78 is 0. The Morgan fingerprint density at radius 1 is 1.26 bits per heavy atom. The van der Waals surface area contributed by atoms with E-state index < -0.39 is 5.97 Å². The highest BCUT2D eigenvalue weighted by molar-refractivity contribution is 5.78. The quantitative estimate of drug-likeness (QED) is 0.729. The fourth-order valence-corrected chi connectivity index (χ4v) is 3.30. The first-order chi connectivity index (χ1) is 8.80. The van der Waals surface area contributed by atoms with Gasteiger partial charge in [-0.3, -0.25) is 9.59 Å². The van der Waals surface area contributed by atoms with Crippen LogP contribution in [0.15, 0.2) is 0 Å². The van der Waals surface area contributed by atoms with E-state index in [1.165, 1.54) is 6.42 Å². The molecule has 1 amide bonds. The van der Waals surface area contributed by atoms with E-state index in [1.54, 1.807) is 0 Å². The molecule has 19 heavy (non-hydrogen) atoms. The van der Waals surface area contributed by atoms with Crippen molar-refractivity contribution in [2.45, 2.75) is 59.3 Å². The zero-order chi connectivity index (χ0) is 14.5. The number of carbonyl (C=O) groups excluding carboxylic acids is 1. The Hall–Kier alpha value is -1.06. The van der Waals surface area contributed by atoms with Crippen molar-refractivity contribution < 1.29 is 14.7 Å². The van der Waals surface area contributed by atoms with Gasteiger partial charge in [0, 0.05) is 18.9 Å². The van der Waals surface area contributed by atoms with Gasteiger partial charge in [-0.25, -0.2) is 0 Å². The summed E-state index contributed by atoms with van der Waals surface area (Å²) in [7, 11) is 0. The van der Waals surface area contributed by atoms with Gasteiger partial charge in [-0.1, -0.05) is 20.8 Å². The minimum absolute atomic E-state index is 0.123. The van der Waals surface area contributed by atoms with Crippen molar-refractivity contribution >= 4 is 11.9 Å². The van der Waals surface area contributed by atoms with Crippen LogP contribution in [0.5, 0.6) is 0 Å². The van der Waals surface area contributed by atoms with Crippen LogP contribution in [-0.2, 0) is 9.59 Å². The van der Waals surface area contributed by atoms with Gasteiger partial charge in [0.1, 0.15) is 0 Å². The molecule has 4 heteroatoms. The second kappa shape index (κ2) is 6.92. The Kier molecular flexibility index (Phi) is 5.83. The molecule has 4 nitrogen and oxygen atoms in total. The third-order valence-corrected chi connectivity index (χ3v) is 3.87. The molecule has 110 valence electrons. The van der Waals surface area contributed by atoms with Crippen LogP contribution in [0.25, 0.3) is 0 Å². The van der Waals surface area contributed by atoms with Gasteiger partial charge in [0.05, 0.1) is 0 Å². The third kappa shape index (κ3) is 6.08. The monoisotopic (exact) mass is 269 g/mol. The summed E-state index contributed by atoms with van der Waals surface area (Å²) in [6.45, 7) is 7.27. The topological polar surface area (TPSA) is 66.4 Å². The van der Waals surface area contributed by atoms with Crippen molar-refractivity contribution in [3.05, 3.63) is 0 Å². The number of carboxylic acid groups (broad SMARTS) is 1. The summed E-state index contributed by atoms with van der Waals surface area (Å²) in [4.78, 5) is 22.5. The molecule has 2 unspecified atom stereocenters. The summed E-state index contributed by atoms with van der Waals surface area (Å²) >= 11 is 0. The molecule has 0 bridgehead atoms. The molecule has 0 heterocycles. The van der Waals surface area contributed by atoms with Gasteiger partial charge in [0.2, 0.25) is 5.91 Å². The van der Waals surface area contributed by atoms with Gasteiger partial charge in [-0.15, -0.1) is 0 Å². The van der Waals surface area contributed by atoms with Gasteiger partial charge in [0.25, 0.3) is 0 Å². The molecule has 0 aromatic carbocycles. The molecule has 0 aliphatic heterocycles. The Balaban J connectivity index is 2.27. The number of carbonyl (C=O) groups is 2. The van der Waals surface area contributed by atoms with Crippen molar-refractivity contribution in [3.8, 4) is 0 Å². The summed E-state index contributed by atoms with van der Waals surface area (Å²) in [5.41, 5.74) is 0.253. The minimum Gasteiger partial charge on any atom is -0.481 e. The van der Waals surface area contributed by atoms with Crippen LogP contribution in [0.3, 0.4) is 0 Å². The molecule has 0 radical (unpaired) electrons. The maximum Gasteiger partial charge on any atom is 0.303 e. The molecular formula is C15H27NO3. The number of rotatable bonds is 6. The molecule has 1 aliphatic rings. The highest BCUT2D eigenvalue weighted by atomic mass is 16.4. The lowest BCUT2D eigenvalue weighted by molar-refractivity contribution is -0.137. The number of carboxylic acids is 1. The molecule has 1 fully saturated rings. The number of amides is 1. The molecule has 0 aromatic rings. The first kappa shape index (κ1) is 16.0. The second-order valence-electron chi connectivity index (χ2n) is 6.75. The predicted octanol–water partition coefficient (Wildman–Crippen LogP) is 2.82. The SMILES string of the molecule is CC1CC(C(=O)NCCCCC(=O)O)CC(C)(C)C1. The van der Waals surface area contributed by atoms with E-state index in [4.69, 9.17) is 5.11 Å². The smallest absolute Gasteiger partial charge is 0.303 e. The van der Waals surface area contributed by atoms with Gasteiger partial charge in [-0.05, 0) is 43.4 Å². The lowest BCUT2D eigenvalue weighted by atomic mass is 9.68. The van der Waals surface area contributed by atoms with Crippen LogP contribution in [-0.4, -0.2) is 23.5 Å². The van der Waals surface area contributed by atoms with Crippen LogP contribution >= 0.6 is 0 Å². The fraction of sp³-hybridized carbons (Fsp3) is 0.867. The average Bonchev–Trinajstić information content (AvgIpc) is 2.25. The van der Waals surface area contributed by atoms with E-state index in [9.17, 15) is 9.59 Å². The average molecular weight is 269 g/mol. The van der Waals surface area contributed by atoms with Crippen molar-refractivity contribution in [2.24, 2.45) is 17.3 Å². The first-order valence-electron chi connectivity index (χ1n) is 7.30. The van der Waals surface area contributed by atoms with Crippen molar-refractivity contribution in [2.75, 3.05) is 6.54 Å². The third-order valence-electron chi connectivity index (χ3n) is 3.87. The summed E-state index contributed by atoms with van der Waals surface area (Å²) in [6, 6.07) is 0. The molecule has 0 aromatic heterocycles. The van der Waals surface area contributed by atoms with E-state index in [-0.39, 0.29) is 23.7 Å². The van der Waals surface area contributed by atoms with Crippen LogP contribution < -0.4 is 5.32 Å². The van der Waals surface area contributed by atoms with Crippen LogP contribution in [0.2, 0.25) is 0 Å². The van der Waals surface area contributed by atoms with Crippen LogP contribution in [0.1, 0.15) is 59.3 Å². The number of hydrogen-bond donors (Lipinski definition) is 2. The fourth-order valence-electron chi connectivity index (χ4n) is 3.30. The normalized spacial score (nSPS) is 25.8. The maximum atomic E-state index is 12.1. The molecule has 1 saturated carbocycles. The number of unbranched alkanes of at least 4 members (excludes halogenated alkanes) is 1. The number of nitrogens with one attached hydrogen (secondary N) is 1. The molecule has 2 N–H and O–H groups in total. The maximum absolute atomic E-state index is 12.1. The summed E-state index contributed by atoms with van der Waals surface area (Å²) in [6.07, 6.45) is 4.67. The summed E-state index contributed by atoms with van der Waals surface area (Å²) in [5.74, 6) is 0.105. The van der Waals surface area contributed by atoms with E-state index in [0.29, 0.717) is 18.9 Å². The molecule has 2 atom stereocenters. The van der Waals surface area contributed by atoms with Gasteiger partial charge in [-0.2, -0.15) is 0 Å². The Morgan fingerprint density at radius 2 is 1.95 bits per heavy atom. The van der Waals surface area contributed by atoms with Crippen molar-refractivity contribution in [3.63, 3.8) is 0 Å². The Bertz CT molecular complexity index is 325. The van der Waals surface area contributed by atoms with E-state index in [1.807, 2.05) is 0 Å². The van der Waals surface area contributed by atoms with Crippen LogP contribution in [0, 0.1) is 17.3 Å². The highest BCUT2D eigenvalue weighted by Gasteiger charge is 2.35. The number of aliphatic carboxylic acids is 1. The largest absolute Gasteiger partial charge is 0.481 e. The standard InChI is InChI=1S/C15H27NO3/c1-11-8-12(10-15(2,3)9-11)14(19)16-7-5-4-6-13(17)18/h11-12H,4-10H2,1-3H3,(H,16,19)(H,17,18). The lowest BCUT2D eigenvalue weighted by Crippen LogP contribution is -2.38. The van der Waals surface area contributed by atoms with Crippen molar-refractivity contribution in [1.82, 2.24) is 5.32 Å². The molecule has 1 rings (SSSR count). The molecular weight excluding hydrogens is 242 g/mol. The Morgan fingerprint density at radius 3 is 2.53 bits per heavy atom. The first-order valence-corrected chi connectivity index (χ1v) is 7.30. The lowest BCUT2D eigenvalue weighted by Gasteiger charge is -2.38. The Labute approximate surface area is 116 Å². The predicted molar refractivity (Wildman–Crippen MR) is 74.8 cm³/mol. The van der Waals surface area contributed by atoms with Gasteiger partial charge in [0.15, 0.2) is 0 Å². The summed E-state index contributed by atoms with van der Waals surface area (Å²) in [5, 5.41) is 11.5. The zero-order valence-electron chi connectivity index (χ0n) is 12.4. The van der Waals surface area contributed by atoms with Gasteiger partial charge < -0.3 is 10.4 Å². The van der Waals surface area contributed by atoms with E-state index >= 15 is 0 Å². The zero-order valence-corrected chi connectivity index (χ0v) is 12.4. The molecule has 0 saturated heterocycles. The van der Waals surface area contributed by atoms with E-state index in [2.05, 4.69) is 26.1 Å². The van der Waals surface area contributed by atoms with E-state index in [0.717, 1.165) is 19.3 Å². The second-order valence-corrected chi connectivity index (χ2v) is 6.75. The van der Waals surface area contributed by atoms with Gasteiger partial charge >= 0.3 is 5.97 Å². The highest BCUT2D eigenvalue weighted by Crippen LogP contribution is 2.41. The van der Waals surface area contributed by atoms with Crippen molar-refractivity contribution in [1.29, 1.82) is 0 Å².